The summed E-state index contributed by atoms with van der Waals surface area (Å²) in [5.41, 5.74) is 0.741. The molecule has 0 amide bonds. The van der Waals surface area contributed by atoms with Crippen LogP contribution < -0.4 is 5.32 Å². The van der Waals surface area contributed by atoms with Gasteiger partial charge in [-0.3, -0.25) is 0 Å². The molecule has 1 heterocycles. The predicted molar refractivity (Wildman–Crippen MR) is 89.8 cm³/mol. The third-order valence-corrected chi connectivity index (χ3v) is 5.01. The molecule has 1 aliphatic carbocycles. The number of hydrogen-bond donors (Lipinski definition) is 1. The zero-order valence-corrected chi connectivity index (χ0v) is 15.1. The summed E-state index contributed by atoms with van der Waals surface area (Å²) >= 11 is 3.65. The van der Waals surface area contributed by atoms with E-state index >= 15 is 0 Å². The highest BCUT2D eigenvalue weighted by atomic mass is 79.9. The van der Waals surface area contributed by atoms with Crippen molar-refractivity contribution in [1.82, 2.24) is 9.97 Å². The van der Waals surface area contributed by atoms with Crippen LogP contribution in [0.5, 0.6) is 0 Å². The molecule has 0 aromatic carbocycles. The number of ether oxygens (including phenoxy) is 1. The third-order valence-electron chi connectivity index (χ3n) is 4.23. The molecule has 1 aromatic heterocycles. The molecule has 1 N–H and O–H groups in total. The Hall–Kier alpha value is -0.680. The summed E-state index contributed by atoms with van der Waals surface area (Å²) in [5.74, 6) is 2.07. The first-order valence-electron chi connectivity index (χ1n) is 7.91. The molecule has 1 saturated carbocycles. The highest BCUT2D eigenvalue weighted by Gasteiger charge is 2.37. The second-order valence-electron chi connectivity index (χ2n) is 6.04. The fraction of sp³-hybridized carbons (Fsp3) is 0.750. The average molecular weight is 356 g/mol. The van der Waals surface area contributed by atoms with Crippen molar-refractivity contribution in [3.63, 3.8) is 0 Å². The minimum absolute atomic E-state index is 0.313. The van der Waals surface area contributed by atoms with Gasteiger partial charge in [0.15, 0.2) is 5.82 Å². The minimum Gasteiger partial charge on any atom is -0.370 e. The van der Waals surface area contributed by atoms with Crippen molar-refractivity contribution in [3.8, 4) is 0 Å². The summed E-state index contributed by atoms with van der Waals surface area (Å²) in [4.78, 5) is 9.64. The minimum atomic E-state index is -0.313. The van der Waals surface area contributed by atoms with Crippen LogP contribution >= 0.6 is 15.9 Å². The normalized spacial score (nSPS) is 18.0. The number of methoxy groups -OCH3 is 1. The summed E-state index contributed by atoms with van der Waals surface area (Å²) in [5, 5.41) is 3.34. The average Bonchev–Trinajstić information content (AvgIpc) is 2.49. The summed E-state index contributed by atoms with van der Waals surface area (Å²) in [6.07, 6.45) is 5.66. The second-order valence-corrected chi connectivity index (χ2v) is 6.83. The van der Waals surface area contributed by atoms with Crippen molar-refractivity contribution in [2.45, 2.75) is 64.4 Å². The Balaban J connectivity index is 2.51. The van der Waals surface area contributed by atoms with Crippen LogP contribution in [-0.4, -0.2) is 23.6 Å². The zero-order chi connectivity index (χ0) is 15.5. The van der Waals surface area contributed by atoms with Gasteiger partial charge in [0.05, 0.1) is 10.2 Å². The quantitative estimate of drug-likeness (QED) is 0.838. The lowest BCUT2D eigenvalue weighted by Crippen LogP contribution is -2.34. The molecular formula is C16H26BrN3O. The molecule has 118 valence electrons. The SMILES string of the molecule is CCNc1nc(C2(OC)CCCCC2)nc(C(C)C)c1Br. The van der Waals surface area contributed by atoms with Crippen molar-refractivity contribution < 1.29 is 4.74 Å². The topological polar surface area (TPSA) is 47.0 Å². The van der Waals surface area contributed by atoms with Crippen molar-refractivity contribution >= 4 is 21.7 Å². The number of hydrogen-bond acceptors (Lipinski definition) is 4. The first-order chi connectivity index (χ1) is 10.0. The number of nitrogens with zero attached hydrogens (tertiary/aromatic N) is 2. The van der Waals surface area contributed by atoms with Gasteiger partial charge in [-0.2, -0.15) is 0 Å². The molecule has 5 heteroatoms. The number of rotatable bonds is 5. The molecular weight excluding hydrogens is 330 g/mol. The molecule has 4 nitrogen and oxygen atoms in total. The first-order valence-corrected chi connectivity index (χ1v) is 8.70. The van der Waals surface area contributed by atoms with Gasteiger partial charge >= 0.3 is 0 Å². The molecule has 1 aliphatic rings. The van der Waals surface area contributed by atoms with Crippen molar-refractivity contribution in [2.75, 3.05) is 19.0 Å². The predicted octanol–water partition coefficient (Wildman–Crippen LogP) is 4.60. The highest BCUT2D eigenvalue weighted by molar-refractivity contribution is 9.10. The van der Waals surface area contributed by atoms with Gasteiger partial charge in [-0.1, -0.05) is 33.1 Å². The molecule has 1 fully saturated rings. The maximum atomic E-state index is 5.90. The third kappa shape index (κ3) is 3.39. The Morgan fingerprint density at radius 1 is 1.24 bits per heavy atom. The van der Waals surface area contributed by atoms with E-state index in [1.807, 2.05) is 0 Å². The van der Waals surface area contributed by atoms with E-state index in [1.54, 1.807) is 7.11 Å². The van der Waals surface area contributed by atoms with E-state index in [9.17, 15) is 0 Å². The Kier molecular flexibility index (Phi) is 5.60. The van der Waals surface area contributed by atoms with E-state index in [1.165, 1.54) is 19.3 Å². The molecule has 0 bridgehead atoms. The maximum Gasteiger partial charge on any atom is 0.162 e. The molecule has 0 atom stereocenters. The number of nitrogens with one attached hydrogen (secondary N) is 1. The van der Waals surface area contributed by atoms with Crippen LogP contribution in [-0.2, 0) is 10.3 Å². The molecule has 1 aromatic rings. The van der Waals surface area contributed by atoms with Gasteiger partial charge in [-0.05, 0) is 41.6 Å². The van der Waals surface area contributed by atoms with Crippen molar-refractivity contribution in [2.24, 2.45) is 0 Å². The molecule has 0 aliphatic heterocycles. The standard InChI is InChI=1S/C16H26BrN3O/c1-5-18-14-12(17)13(11(2)3)19-15(20-14)16(21-4)9-7-6-8-10-16/h11H,5-10H2,1-4H3,(H,18,19,20). The number of halogens is 1. The van der Waals surface area contributed by atoms with E-state index in [4.69, 9.17) is 14.7 Å². The molecule has 0 saturated heterocycles. The van der Waals surface area contributed by atoms with Crippen molar-refractivity contribution in [1.29, 1.82) is 0 Å². The summed E-state index contributed by atoms with van der Waals surface area (Å²) in [6.45, 7) is 7.24. The maximum absolute atomic E-state index is 5.90. The summed E-state index contributed by atoms with van der Waals surface area (Å²) in [6, 6.07) is 0. The van der Waals surface area contributed by atoms with Crippen LogP contribution in [0.2, 0.25) is 0 Å². The van der Waals surface area contributed by atoms with Crippen molar-refractivity contribution in [3.05, 3.63) is 16.0 Å². The van der Waals surface area contributed by atoms with E-state index < -0.39 is 0 Å². The van der Waals surface area contributed by atoms with Gasteiger partial charge in [0.25, 0.3) is 0 Å². The van der Waals surface area contributed by atoms with Crippen LogP contribution in [0.25, 0.3) is 0 Å². The molecule has 2 rings (SSSR count). The van der Waals surface area contributed by atoms with Gasteiger partial charge in [0.2, 0.25) is 0 Å². The van der Waals surface area contributed by atoms with Gasteiger partial charge in [-0.15, -0.1) is 0 Å². The van der Waals surface area contributed by atoms with E-state index in [0.717, 1.165) is 41.2 Å². The zero-order valence-electron chi connectivity index (χ0n) is 13.5. The molecule has 21 heavy (non-hydrogen) atoms. The Bertz CT molecular complexity index is 485. The van der Waals surface area contributed by atoms with Crippen LogP contribution in [0.15, 0.2) is 4.47 Å². The molecule has 0 unspecified atom stereocenters. The molecule has 0 radical (unpaired) electrons. The van der Waals surface area contributed by atoms with Gasteiger partial charge < -0.3 is 10.1 Å². The lowest BCUT2D eigenvalue weighted by Gasteiger charge is -2.35. The fourth-order valence-corrected chi connectivity index (χ4v) is 3.75. The largest absolute Gasteiger partial charge is 0.370 e. The van der Waals surface area contributed by atoms with Gasteiger partial charge in [0, 0.05) is 13.7 Å². The lowest BCUT2D eigenvalue weighted by molar-refractivity contribution is -0.0515. The summed E-state index contributed by atoms with van der Waals surface area (Å²) < 4.78 is 6.88. The molecule has 0 spiro atoms. The smallest absolute Gasteiger partial charge is 0.162 e. The van der Waals surface area contributed by atoms with Crippen LogP contribution in [0, 0.1) is 0 Å². The summed E-state index contributed by atoms with van der Waals surface area (Å²) in [7, 11) is 1.79. The van der Waals surface area contributed by atoms with Gasteiger partial charge in [0.1, 0.15) is 11.4 Å². The monoisotopic (exact) mass is 355 g/mol. The van der Waals surface area contributed by atoms with E-state index in [2.05, 4.69) is 42.0 Å². The van der Waals surface area contributed by atoms with Crippen LogP contribution in [0.4, 0.5) is 5.82 Å². The van der Waals surface area contributed by atoms with Gasteiger partial charge in [-0.25, -0.2) is 9.97 Å². The Morgan fingerprint density at radius 3 is 2.43 bits per heavy atom. The van der Waals surface area contributed by atoms with E-state index in [0.29, 0.717) is 5.92 Å². The number of anilines is 1. The Morgan fingerprint density at radius 2 is 1.90 bits per heavy atom. The Labute approximate surface area is 136 Å². The fourth-order valence-electron chi connectivity index (χ4n) is 2.98. The number of aromatic nitrogens is 2. The van der Waals surface area contributed by atoms with Crippen LogP contribution in [0.3, 0.4) is 0 Å². The first kappa shape index (κ1) is 16.7. The van der Waals surface area contributed by atoms with Crippen LogP contribution in [0.1, 0.15) is 70.3 Å². The van der Waals surface area contributed by atoms with E-state index in [-0.39, 0.29) is 5.60 Å². The second kappa shape index (κ2) is 7.05. The lowest BCUT2D eigenvalue weighted by atomic mass is 9.83. The highest BCUT2D eigenvalue weighted by Crippen LogP contribution is 2.40.